The van der Waals surface area contributed by atoms with E-state index in [0.29, 0.717) is 25.3 Å². The SMILES string of the molecule is CCOc1ccccc1CCC(=O)Nc1cc(C)ccn1. The van der Waals surface area contributed by atoms with Crippen LogP contribution in [0.15, 0.2) is 42.6 Å². The van der Waals surface area contributed by atoms with E-state index in [1.54, 1.807) is 6.20 Å². The van der Waals surface area contributed by atoms with Crippen LogP contribution in [0.25, 0.3) is 0 Å². The molecule has 0 saturated heterocycles. The number of carbonyl (C=O) groups is 1. The van der Waals surface area contributed by atoms with Crippen molar-refractivity contribution in [3.8, 4) is 5.75 Å². The first-order valence-corrected chi connectivity index (χ1v) is 7.12. The first kappa shape index (κ1) is 15.0. The lowest BCUT2D eigenvalue weighted by molar-refractivity contribution is -0.116. The molecule has 1 aromatic carbocycles. The topological polar surface area (TPSA) is 51.2 Å². The number of carbonyl (C=O) groups excluding carboxylic acids is 1. The second kappa shape index (κ2) is 7.43. The smallest absolute Gasteiger partial charge is 0.225 e. The van der Waals surface area contributed by atoms with Crippen LogP contribution in [0.1, 0.15) is 24.5 Å². The number of anilines is 1. The van der Waals surface area contributed by atoms with Crippen LogP contribution in [0, 0.1) is 6.92 Å². The van der Waals surface area contributed by atoms with Gasteiger partial charge in [-0.1, -0.05) is 18.2 Å². The van der Waals surface area contributed by atoms with Crippen LogP contribution in [0.3, 0.4) is 0 Å². The minimum Gasteiger partial charge on any atom is -0.494 e. The Bertz CT molecular complexity index is 611. The molecule has 0 atom stereocenters. The number of amides is 1. The molecule has 1 heterocycles. The van der Waals surface area contributed by atoms with Gasteiger partial charge in [0, 0.05) is 12.6 Å². The first-order valence-electron chi connectivity index (χ1n) is 7.12. The van der Waals surface area contributed by atoms with E-state index in [2.05, 4.69) is 10.3 Å². The molecule has 4 heteroatoms. The number of rotatable bonds is 6. The summed E-state index contributed by atoms with van der Waals surface area (Å²) in [4.78, 5) is 16.1. The van der Waals surface area contributed by atoms with Crippen molar-refractivity contribution < 1.29 is 9.53 Å². The van der Waals surface area contributed by atoms with E-state index >= 15 is 0 Å². The van der Waals surface area contributed by atoms with Crippen molar-refractivity contribution in [2.75, 3.05) is 11.9 Å². The Balaban J connectivity index is 1.92. The number of nitrogens with one attached hydrogen (secondary N) is 1. The summed E-state index contributed by atoms with van der Waals surface area (Å²) >= 11 is 0. The molecule has 0 unspecified atom stereocenters. The number of pyridine rings is 1. The highest BCUT2D eigenvalue weighted by atomic mass is 16.5. The average molecular weight is 284 g/mol. The molecule has 4 nitrogen and oxygen atoms in total. The fourth-order valence-corrected chi connectivity index (χ4v) is 2.06. The van der Waals surface area contributed by atoms with E-state index in [-0.39, 0.29) is 5.91 Å². The largest absolute Gasteiger partial charge is 0.494 e. The van der Waals surface area contributed by atoms with Gasteiger partial charge in [0.15, 0.2) is 0 Å². The number of hydrogen-bond donors (Lipinski definition) is 1. The van der Waals surface area contributed by atoms with Gasteiger partial charge in [-0.15, -0.1) is 0 Å². The molecule has 2 aromatic rings. The fraction of sp³-hybridized carbons (Fsp3) is 0.294. The fourth-order valence-electron chi connectivity index (χ4n) is 2.06. The van der Waals surface area contributed by atoms with Crippen LogP contribution in [-0.4, -0.2) is 17.5 Å². The quantitative estimate of drug-likeness (QED) is 0.885. The van der Waals surface area contributed by atoms with Crippen molar-refractivity contribution in [3.05, 3.63) is 53.7 Å². The van der Waals surface area contributed by atoms with Crippen molar-refractivity contribution in [1.82, 2.24) is 4.98 Å². The maximum atomic E-state index is 12.0. The van der Waals surface area contributed by atoms with Crippen LogP contribution >= 0.6 is 0 Å². The molecule has 21 heavy (non-hydrogen) atoms. The van der Waals surface area contributed by atoms with Crippen molar-refractivity contribution in [2.45, 2.75) is 26.7 Å². The lowest BCUT2D eigenvalue weighted by Gasteiger charge is -2.10. The molecular formula is C17H20N2O2. The van der Waals surface area contributed by atoms with Gasteiger partial charge < -0.3 is 10.1 Å². The summed E-state index contributed by atoms with van der Waals surface area (Å²) < 4.78 is 5.56. The Kier molecular flexibility index (Phi) is 5.32. The van der Waals surface area contributed by atoms with Gasteiger partial charge in [0.2, 0.25) is 5.91 Å². The molecule has 0 aliphatic rings. The number of nitrogens with zero attached hydrogens (tertiary/aromatic N) is 1. The van der Waals surface area contributed by atoms with Gasteiger partial charge in [-0.3, -0.25) is 4.79 Å². The Morgan fingerprint density at radius 2 is 2.10 bits per heavy atom. The van der Waals surface area contributed by atoms with Crippen LogP contribution in [0.2, 0.25) is 0 Å². The van der Waals surface area contributed by atoms with Crippen molar-refractivity contribution in [2.24, 2.45) is 0 Å². The van der Waals surface area contributed by atoms with Gasteiger partial charge >= 0.3 is 0 Å². The number of aryl methyl sites for hydroxylation is 2. The molecule has 1 N–H and O–H groups in total. The average Bonchev–Trinajstić information content (AvgIpc) is 2.47. The Hall–Kier alpha value is -2.36. The summed E-state index contributed by atoms with van der Waals surface area (Å²) in [6.45, 7) is 4.54. The number of para-hydroxylation sites is 1. The lowest BCUT2D eigenvalue weighted by Crippen LogP contribution is -2.13. The highest BCUT2D eigenvalue weighted by Gasteiger charge is 2.07. The van der Waals surface area contributed by atoms with Gasteiger partial charge in [-0.05, 0) is 49.6 Å². The second-order valence-corrected chi connectivity index (χ2v) is 4.81. The number of hydrogen-bond acceptors (Lipinski definition) is 3. The number of ether oxygens (including phenoxy) is 1. The summed E-state index contributed by atoms with van der Waals surface area (Å²) in [5.41, 5.74) is 2.12. The third-order valence-electron chi connectivity index (χ3n) is 3.08. The molecule has 0 aliphatic carbocycles. The van der Waals surface area contributed by atoms with E-state index in [1.807, 2.05) is 50.2 Å². The molecule has 0 bridgehead atoms. The zero-order valence-electron chi connectivity index (χ0n) is 12.4. The van der Waals surface area contributed by atoms with Crippen molar-refractivity contribution >= 4 is 11.7 Å². The maximum absolute atomic E-state index is 12.0. The Morgan fingerprint density at radius 3 is 2.86 bits per heavy atom. The predicted octanol–water partition coefficient (Wildman–Crippen LogP) is 3.36. The predicted molar refractivity (Wildman–Crippen MR) is 83.5 cm³/mol. The van der Waals surface area contributed by atoms with Crippen LogP contribution in [-0.2, 0) is 11.2 Å². The molecule has 110 valence electrons. The Morgan fingerprint density at radius 1 is 1.29 bits per heavy atom. The first-order chi connectivity index (χ1) is 10.2. The molecular weight excluding hydrogens is 264 g/mol. The lowest BCUT2D eigenvalue weighted by atomic mass is 10.1. The highest BCUT2D eigenvalue weighted by molar-refractivity contribution is 5.89. The normalized spacial score (nSPS) is 10.2. The second-order valence-electron chi connectivity index (χ2n) is 4.81. The van der Waals surface area contributed by atoms with Gasteiger partial charge in [0.05, 0.1) is 6.61 Å². The van der Waals surface area contributed by atoms with Crippen LogP contribution in [0.5, 0.6) is 5.75 Å². The monoisotopic (exact) mass is 284 g/mol. The molecule has 0 saturated carbocycles. The maximum Gasteiger partial charge on any atom is 0.225 e. The van der Waals surface area contributed by atoms with Crippen LogP contribution < -0.4 is 10.1 Å². The zero-order chi connectivity index (χ0) is 15.1. The summed E-state index contributed by atoms with van der Waals surface area (Å²) in [5, 5.41) is 2.81. The van der Waals surface area contributed by atoms with Crippen molar-refractivity contribution in [3.63, 3.8) is 0 Å². The molecule has 0 spiro atoms. The van der Waals surface area contributed by atoms with E-state index in [9.17, 15) is 4.79 Å². The molecule has 0 aliphatic heterocycles. The minimum atomic E-state index is -0.0422. The third kappa shape index (κ3) is 4.60. The minimum absolute atomic E-state index is 0.0422. The van der Waals surface area contributed by atoms with Gasteiger partial charge in [-0.25, -0.2) is 4.98 Å². The van der Waals surface area contributed by atoms with E-state index in [4.69, 9.17) is 4.74 Å². The molecule has 1 amide bonds. The summed E-state index contributed by atoms with van der Waals surface area (Å²) in [6.07, 6.45) is 2.74. The van der Waals surface area contributed by atoms with Crippen molar-refractivity contribution in [1.29, 1.82) is 0 Å². The molecule has 2 rings (SSSR count). The summed E-state index contributed by atoms with van der Waals surface area (Å²) in [7, 11) is 0. The van der Waals surface area contributed by atoms with Gasteiger partial charge in [-0.2, -0.15) is 0 Å². The standard InChI is InChI=1S/C17H20N2O2/c1-3-21-15-7-5-4-6-14(15)8-9-17(20)19-16-12-13(2)10-11-18-16/h4-7,10-12H,3,8-9H2,1-2H3,(H,18,19,20). The van der Waals surface area contributed by atoms with E-state index < -0.39 is 0 Å². The number of benzene rings is 1. The molecule has 0 fully saturated rings. The third-order valence-corrected chi connectivity index (χ3v) is 3.08. The zero-order valence-corrected chi connectivity index (χ0v) is 12.4. The summed E-state index contributed by atoms with van der Waals surface area (Å²) in [5.74, 6) is 1.40. The van der Waals surface area contributed by atoms with Crippen LogP contribution in [0.4, 0.5) is 5.82 Å². The van der Waals surface area contributed by atoms with E-state index in [0.717, 1.165) is 16.9 Å². The van der Waals surface area contributed by atoms with E-state index in [1.165, 1.54) is 0 Å². The Labute approximate surface area is 125 Å². The van der Waals surface area contributed by atoms with Gasteiger partial charge in [0.25, 0.3) is 0 Å². The highest BCUT2D eigenvalue weighted by Crippen LogP contribution is 2.19. The summed E-state index contributed by atoms with van der Waals surface area (Å²) in [6, 6.07) is 11.6. The molecule has 1 aromatic heterocycles. The number of aromatic nitrogens is 1. The van der Waals surface area contributed by atoms with Gasteiger partial charge in [0.1, 0.15) is 11.6 Å². The molecule has 0 radical (unpaired) electrons.